The fourth-order valence-corrected chi connectivity index (χ4v) is 2.52. The number of carbonyl (C=O) groups is 1. The molecule has 1 atom stereocenters. The van der Waals surface area contributed by atoms with Crippen molar-refractivity contribution >= 4 is 6.09 Å². The van der Waals surface area contributed by atoms with Crippen LogP contribution in [0.5, 0.6) is 0 Å². The van der Waals surface area contributed by atoms with Crippen molar-refractivity contribution in [3.8, 4) is 0 Å². The SMILES string of the molecule is CCCN(CCC)CC(C)N(C(=O)O)C(C)(C)C. The lowest BCUT2D eigenvalue weighted by atomic mass is 10.0. The lowest BCUT2D eigenvalue weighted by Gasteiger charge is -2.40. The molecule has 1 N–H and O–H groups in total. The summed E-state index contributed by atoms with van der Waals surface area (Å²) in [5, 5.41) is 9.36. The van der Waals surface area contributed by atoms with E-state index in [1.807, 2.05) is 27.7 Å². The molecule has 4 heteroatoms. The second kappa shape index (κ2) is 7.62. The Labute approximate surface area is 112 Å². The molecule has 1 amide bonds. The molecule has 18 heavy (non-hydrogen) atoms. The van der Waals surface area contributed by atoms with Gasteiger partial charge in [0, 0.05) is 18.1 Å². The van der Waals surface area contributed by atoms with Gasteiger partial charge in [0.25, 0.3) is 0 Å². The van der Waals surface area contributed by atoms with Gasteiger partial charge in [0.15, 0.2) is 0 Å². The highest BCUT2D eigenvalue weighted by Gasteiger charge is 2.31. The largest absolute Gasteiger partial charge is 0.465 e. The number of carboxylic acid groups (broad SMARTS) is 1. The maximum atomic E-state index is 11.4. The molecule has 0 radical (unpaired) electrons. The first-order valence-electron chi connectivity index (χ1n) is 6.98. The Morgan fingerprint density at radius 1 is 1.17 bits per heavy atom. The van der Waals surface area contributed by atoms with Gasteiger partial charge in [-0.15, -0.1) is 0 Å². The van der Waals surface area contributed by atoms with Crippen LogP contribution in [0.15, 0.2) is 0 Å². The van der Waals surface area contributed by atoms with Crippen LogP contribution in [0.4, 0.5) is 4.79 Å². The van der Waals surface area contributed by atoms with Crippen molar-refractivity contribution in [2.45, 2.75) is 66.0 Å². The Hall–Kier alpha value is -0.770. The van der Waals surface area contributed by atoms with Gasteiger partial charge in [-0.25, -0.2) is 4.79 Å². The van der Waals surface area contributed by atoms with Crippen LogP contribution < -0.4 is 0 Å². The molecule has 0 spiro atoms. The summed E-state index contributed by atoms with van der Waals surface area (Å²) in [5.74, 6) is 0. The van der Waals surface area contributed by atoms with Gasteiger partial charge in [-0.1, -0.05) is 13.8 Å². The van der Waals surface area contributed by atoms with Crippen molar-refractivity contribution < 1.29 is 9.90 Å². The molecule has 1 unspecified atom stereocenters. The van der Waals surface area contributed by atoms with Crippen molar-refractivity contribution in [3.63, 3.8) is 0 Å². The molecule has 0 aliphatic carbocycles. The van der Waals surface area contributed by atoms with Crippen LogP contribution in [0.1, 0.15) is 54.4 Å². The molecule has 108 valence electrons. The Morgan fingerprint density at radius 2 is 1.61 bits per heavy atom. The van der Waals surface area contributed by atoms with E-state index >= 15 is 0 Å². The molecule has 0 rings (SSSR count). The zero-order valence-corrected chi connectivity index (χ0v) is 12.9. The van der Waals surface area contributed by atoms with Gasteiger partial charge in [-0.2, -0.15) is 0 Å². The average molecular weight is 258 g/mol. The van der Waals surface area contributed by atoms with Crippen molar-refractivity contribution in [2.75, 3.05) is 19.6 Å². The first-order valence-corrected chi connectivity index (χ1v) is 6.98. The van der Waals surface area contributed by atoms with Gasteiger partial charge < -0.3 is 10.0 Å². The third kappa shape index (κ3) is 5.71. The Morgan fingerprint density at radius 3 is 1.89 bits per heavy atom. The average Bonchev–Trinajstić information content (AvgIpc) is 2.14. The summed E-state index contributed by atoms with van der Waals surface area (Å²) in [6.45, 7) is 15.0. The van der Waals surface area contributed by atoms with Crippen LogP contribution in [0.2, 0.25) is 0 Å². The smallest absolute Gasteiger partial charge is 0.408 e. The van der Waals surface area contributed by atoms with Crippen LogP contribution in [0.3, 0.4) is 0 Å². The van der Waals surface area contributed by atoms with Gasteiger partial charge in [0.1, 0.15) is 0 Å². The lowest BCUT2D eigenvalue weighted by molar-refractivity contribution is 0.0606. The van der Waals surface area contributed by atoms with E-state index in [4.69, 9.17) is 0 Å². The predicted octanol–water partition coefficient (Wildman–Crippen LogP) is 3.28. The molecule has 0 bridgehead atoms. The molecule has 0 aliphatic heterocycles. The minimum Gasteiger partial charge on any atom is -0.465 e. The highest BCUT2D eigenvalue weighted by Crippen LogP contribution is 2.18. The standard InChI is InChI=1S/C14H30N2O2/c1-7-9-15(10-8-2)11-12(3)16(13(17)18)14(4,5)6/h12H,7-11H2,1-6H3,(H,17,18). The van der Waals surface area contributed by atoms with E-state index in [1.165, 1.54) is 0 Å². The van der Waals surface area contributed by atoms with Crippen molar-refractivity contribution in [1.29, 1.82) is 0 Å². The van der Waals surface area contributed by atoms with Crippen LogP contribution in [0, 0.1) is 0 Å². The number of hydrogen-bond acceptors (Lipinski definition) is 2. The molecule has 0 heterocycles. The van der Waals surface area contributed by atoms with Gasteiger partial charge in [0.2, 0.25) is 0 Å². The third-order valence-corrected chi connectivity index (χ3v) is 2.97. The minimum absolute atomic E-state index is 0.0144. The van der Waals surface area contributed by atoms with Crippen molar-refractivity contribution in [3.05, 3.63) is 0 Å². The first-order chi connectivity index (χ1) is 8.23. The number of rotatable bonds is 7. The molecular weight excluding hydrogens is 228 g/mol. The van der Waals surface area contributed by atoms with E-state index in [1.54, 1.807) is 4.90 Å². The van der Waals surface area contributed by atoms with Crippen molar-refractivity contribution in [1.82, 2.24) is 9.80 Å². The molecule has 0 aromatic heterocycles. The maximum Gasteiger partial charge on any atom is 0.408 e. The molecule has 0 aromatic rings. The maximum absolute atomic E-state index is 11.4. The van der Waals surface area contributed by atoms with Gasteiger partial charge in [-0.05, 0) is 53.6 Å². The highest BCUT2D eigenvalue weighted by molar-refractivity contribution is 5.66. The fraction of sp³-hybridized carbons (Fsp3) is 0.929. The molecule has 0 saturated carbocycles. The molecule has 0 aromatic carbocycles. The van der Waals surface area contributed by atoms with Crippen LogP contribution in [-0.2, 0) is 0 Å². The first kappa shape index (κ1) is 17.2. The summed E-state index contributed by atoms with van der Waals surface area (Å²) in [4.78, 5) is 15.3. The summed E-state index contributed by atoms with van der Waals surface area (Å²) in [6.07, 6.45) is 1.38. The van der Waals surface area contributed by atoms with E-state index in [2.05, 4.69) is 18.7 Å². The molecule has 0 aliphatic rings. The summed E-state index contributed by atoms with van der Waals surface area (Å²) >= 11 is 0. The second-order valence-electron chi connectivity index (χ2n) is 5.97. The van der Waals surface area contributed by atoms with Crippen LogP contribution in [-0.4, -0.2) is 52.2 Å². The van der Waals surface area contributed by atoms with E-state index in [0.29, 0.717) is 0 Å². The second-order valence-corrected chi connectivity index (χ2v) is 5.97. The summed E-state index contributed by atoms with van der Waals surface area (Å²) in [6, 6.07) is 0.0144. The molecule has 0 fully saturated rings. The lowest BCUT2D eigenvalue weighted by Crippen LogP contribution is -2.53. The van der Waals surface area contributed by atoms with Crippen molar-refractivity contribution in [2.24, 2.45) is 0 Å². The van der Waals surface area contributed by atoms with E-state index in [0.717, 1.165) is 32.5 Å². The Kier molecular flexibility index (Phi) is 7.29. The Bertz CT molecular complexity index is 243. The van der Waals surface area contributed by atoms with Crippen LogP contribution in [0.25, 0.3) is 0 Å². The van der Waals surface area contributed by atoms with Gasteiger partial charge >= 0.3 is 6.09 Å². The Balaban J connectivity index is 4.67. The zero-order valence-electron chi connectivity index (χ0n) is 12.9. The third-order valence-electron chi connectivity index (χ3n) is 2.97. The number of amides is 1. The van der Waals surface area contributed by atoms with Gasteiger partial charge in [0.05, 0.1) is 0 Å². The quantitative estimate of drug-likeness (QED) is 0.762. The van der Waals surface area contributed by atoms with E-state index < -0.39 is 6.09 Å². The predicted molar refractivity (Wildman–Crippen MR) is 76.1 cm³/mol. The summed E-state index contributed by atoms with van der Waals surface area (Å²) < 4.78 is 0. The minimum atomic E-state index is -0.831. The van der Waals surface area contributed by atoms with Crippen LogP contribution >= 0.6 is 0 Å². The molecular formula is C14H30N2O2. The topological polar surface area (TPSA) is 43.8 Å². The normalized spacial score (nSPS) is 13.7. The van der Waals surface area contributed by atoms with E-state index in [-0.39, 0.29) is 11.6 Å². The summed E-state index contributed by atoms with van der Waals surface area (Å²) in [5.41, 5.74) is -0.352. The molecule has 4 nitrogen and oxygen atoms in total. The summed E-state index contributed by atoms with van der Waals surface area (Å²) in [7, 11) is 0. The fourth-order valence-electron chi connectivity index (χ4n) is 2.52. The van der Waals surface area contributed by atoms with Gasteiger partial charge in [-0.3, -0.25) is 4.90 Å². The number of nitrogens with zero attached hydrogens (tertiary/aromatic N) is 2. The molecule has 0 saturated heterocycles. The number of hydrogen-bond donors (Lipinski definition) is 1. The highest BCUT2D eigenvalue weighted by atomic mass is 16.4. The van der Waals surface area contributed by atoms with E-state index in [9.17, 15) is 9.90 Å². The monoisotopic (exact) mass is 258 g/mol. The zero-order chi connectivity index (χ0) is 14.3.